The van der Waals surface area contributed by atoms with Crippen molar-refractivity contribution in [3.63, 3.8) is 0 Å². The Balaban J connectivity index is 2.74. The van der Waals surface area contributed by atoms with Crippen LogP contribution < -0.4 is 5.73 Å². The molecule has 0 aromatic carbocycles. The fourth-order valence-corrected chi connectivity index (χ4v) is 1.18. The van der Waals surface area contributed by atoms with Crippen molar-refractivity contribution < 1.29 is 14.3 Å². The SMILES string of the molecule is CC1(C)C[C@@H](C(N)=O)C(=O)O1. The van der Waals surface area contributed by atoms with E-state index in [0.29, 0.717) is 6.42 Å². The smallest absolute Gasteiger partial charge is 0.319 e. The van der Waals surface area contributed by atoms with Crippen molar-refractivity contribution in [1.82, 2.24) is 0 Å². The van der Waals surface area contributed by atoms with Crippen LogP contribution in [0.4, 0.5) is 0 Å². The van der Waals surface area contributed by atoms with Crippen LogP contribution in [0.5, 0.6) is 0 Å². The third-order valence-electron chi connectivity index (χ3n) is 1.70. The van der Waals surface area contributed by atoms with Gasteiger partial charge in [-0.1, -0.05) is 0 Å². The first-order valence-electron chi connectivity index (χ1n) is 3.44. The van der Waals surface area contributed by atoms with Crippen LogP contribution >= 0.6 is 0 Å². The summed E-state index contributed by atoms with van der Waals surface area (Å²) in [5.74, 6) is -1.84. The summed E-state index contributed by atoms with van der Waals surface area (Å²) in [4.78, 5) is 21.5. The molecule has 1 aliphatic rings. The van der Waals surface area contributed by atoms with Crippen molar-refractivity contribution in [1.29, 1.82) is 0 Å². The summed E-state index contributed by atoms with van der Waals surface area (Å²) in [5, 5.41) is 0. The zero-order valence-corrected chi connectivity index (χ0v) is 6.59. The highest BCUT2D eigenvalue weighted by atomic mass is 16.6. The molecule has 1 amide bonds. The maximum Gasteiger partial charge on any atom is 0.319 e. The third-order valence-corrected chi connectivity index (χ3v) is 1.70. The molecule has 1 heterocycles. The van der Waals surface area contributed by atoms with E-state index in [1.165, 1.54) is 0 Å². The molecule has 0 saturated carbocycles. The Morgan fingerprint density at radius 2 is 2.27 bits per heavy atom. The predicted molar refractivity (Wildman–Crippen MR) is 37.5 cm³/mol. The lowest BCUT2D eigenvalue weighted by Crippen LogP contribution is -2.26. The van der Waals surface area contributed by atoms with Crippen LogP contribution in [0.25, 0.3) is 0 Å². The van der Waals surface area contributed by atoms with Gasteiger partial charge in [-0.2, -0.15) is 0 Å². The molecule has 0 radical (unpaired) electrons. The molecule has 4 nitrogen and oxygen atoms in total. The van der Waals surface area contributed by atoms with Gasteiger partial charge in [0, 0.05) is 6.42 Å². The highest BCUT2D eigenvalue weighted by molar-refractivity contribution is 5.98. The largest absolute Gasteiger partial charge is 0.459 e. The van der Waals surface area contributed by atoms with E-state index in [1.54, 1.807) is 13.8 Å². The number of carbonyl (C=O) groups excluding carboxylic acids is 2. The van der Waals surface area contributed by atoms with E-state index in [-0.39, 0.29) is 0 Å². The Kier molecular flexibility index (Phi) is 1.62. The molecule has 2 N–H and O–H groups in total. The minimum Gasteiger partial charge on any atom is -0.459 e. The van der Waals surface area contributed by atoms with E-state index in [1.807, 2.05) is 0 Å². The van der Waals surface area contributed by atoms with Crippen molar-refractivity contribution in [2.24, 2.45) is 11.7 Å². The molecule has 0 bridgehead atoms. The molecule has 11 heavy (non-hydrogen) atoms. The lowest BCUT2D eigenvalue weighted by molar-refractivity contribution is -0.150. The average molecular weight is 157 g/mol. The van der Waals surface area contributed by atoms with Crippen LogP contribution in [-0.4, -0.2) is 17.5 Å². The minimum atomic E-state index is -0.745. The topological polar surface area (TPSA) is 69.4 Å². The lowest BCUT2D eigenvalue weighted by atomic mass is 9.97. The maximum atomic E-state index is 10.9. The first kappa shape index (κ1) is 8.04. The Morgan fingerprint density at radius 1 is 1.73 bits per heavy atom. The summed E-state index contributed by atoms with van der Waals surface area (Å²) in [5.41, 5.74) is 4.44. The summed E-state index contributed by atoms with van der Waals surface area (Å²) >= 11 is 0. The number of hydrogen-bond acceptors (Lipinski definition) is 3. The van der Waals surface area contributed by atoms with Crippen molar-refractivity contribution in [2.75, 3.05) is 0 Å². The van der Waals surface area contributed by atoms with Crippen LogP contribution in [0.1, 0.15) is 20.3 Å². The summed E-state index contributed by atoms with van der Waals surface area (Å²) in [7, 11) is 0. The van der Waals surface area contributed by atoms with Gasteiger partial charge >= 0.3 is 5.97 Å². The van der Waals surface area contributed by atoms with Gasteiger partial charge in [0.25, 0.3) is 0 Å². The van der Waals surface area contributed by atoms with Gasteiger partial charge in [-0.05, 0) is 13.8 Å². The highest BCUT2D eigenvalue weighted by Gasteiger charge is 2.42. The van der Waals surface area contributed by atoms with Gasteiger partial charge in [0.2, 0.25) is 5.91 Å². The molecule has 0 aromatic rings. The van der Waals surface area contributed by atoms with Crippen LogP contribution in [0.2, 0.25) is 0 Å². The molecular weight excluding hydrogens is 146 g/mol. The third kappa shape index (κ3) is 1.50. The van der Waals surface area contributed by atoms with Crippen molar-refractivity contribution in [3.8, 4) is 0 Å². The van der Waals surface area contributed by atoms with Gasteiger partial charge in [-0.25, -0.2) is 0 Å². The van der Waals surface area contributed by atoms with Crippen LogP contribution in [0, 0.1) is 5.92 Å². The molecular formula is C7H11NO3. The maximum absolute atomic E-state index is 10.9. The van der Waals surface area contributed by atoms with Gasteiger partial charge in [0.15, 0.2) is 0 Å². The van der Waals surface area contributed by atoms with Crippen molar-refractivity contribution >= 4 is 11.9 Å². The summed E-state index contributed by atoms with van der Waals surface area (Å²) < 4.78 is 4.88. The molecule has 1 aliphatic heterocycles. The first-order chi connectivity index (χ1) is 4.92. The zero-order valence-electron chi connectivity index (χ0n) is 6.59. The van der Waals surface area contributed by atoms with Gasteiger partial charge in [0.1, 0.15) is 11.5 Å². The lowest BCUT2D eigenvalue weighted by Gasteiger charge is -2.14. The number of nitrogens with two attached hydrogens (primary N) is 1. The first-order valence-corrected chi connectivity index (χ1v) is 3.44. The monoisotopic (exact) mass is 157 g/mol. The summed E-state index contributed by atoms with van der Waals surface area (Å²) in [6, 6.07) is 0. The van der Waals surface area contributed by atoms with Crippen LogP contribution in [0.15, 0.2) is 0 Å². The number of ether oxygens (including phenoxy) is 1. The zero-order chi connectivity index (χ0) is 8.65. The van der Waals surface area contributed by atoms with E-state index >= 15 is 0 Å². The summed E-state index contributed by atoms with van der Waals surface area (Å²) in [6.45, 7) is 3.52. The number of esters is 1. The van der Waals surface area contributed by atoms with Crippen molar-refractivity contribution in [3.05, 3.63) is 0 Å². The van der Waals surface area contributed by atoms with Crippen LogP contribution in [-0.2, 0) is 14.3 Å². The fraction of sp³-hybridized carbons (Fsp3) is 0.714. The van der Waals surface area contributed by atoms with E-state index in [4.69, 9.17) is 10.5 Å². The van der Waals surface area contributed by atoms with Gasteiger partial charge in [-0.15, -0.1) is 0 Å². The second-order valence-electron chi connectivity index (χ2n) is 3.34. The number of carbonyl (C=O) groups is 2. The molecule has 0 aromatic heterocycles. The van der Waals surface area contributed by atoms with Crippen LogP contribution in [0.3, 0.4) is 0 Å². The molecule has 1 saturated heterocycles. The second-order valence-corrected chi connectivity index (χ2v) is 3.34. The minimum absolute atomic E-state index is 0.390. The molecule has 0 unspecified atom stereocenters. The van der Waals surface area contributed by atoms with E-state index in [9.17, 15) is 9.59 Å². The van der Waals surface area contributed by atoms with Gasteiger partial charge in [-0.3, -0.25) is 9.59 Å². The fourth-order valence-electron chi connectivity index (χ4n) is 1.18. The molecule has 4 heteroatoms. The quantitative estimate of drug-likeness (QED) is 0.423. The number of primary amides is 1. The molecule has 0 spiro atoms. The summed E-state index contributed by atoms with van der Waals surface area (Å²) in [6.07, 6.45) is 0.390. The molecule has 1 fully saturated rings. The second kappa shape index (κ2) is 2.22. The van der Waals surface area contributed by atoms with E-state index in [2.05, 4.69) is 0 Å². The molecule has 0 aliphatic carbocycles. The number of cyclic esters (lactones) is 1. The Bertz CT molecular complexity index is 210. The number of amides is 1. The Labute approximate surface area is 64.7 Å². The number of hydrogen-bond donors (Lipinski definition) is 1. The van der Waals surface area contributed by atoms with Crippen molar-refractivity contribution in [2.45, 2.75) is 25.9 Å². The molecule has 1 rings (SSSR count). The van der Waals surface area contributed by atoms with Gasteiger partial charge < -0.3 is 10.5 Å². The standard InChI is InChI=1S/C7H11NO3/c1-7(2)3-4(5(8)9)6(10)11-7/h4H,3H2,1-2H3,(H2,8,9)/t4-/m0/s1. The Morgan fingerprint density at radius 3 is 2.45 bits per heavy atom. The van der Waals surface area contributed by atoms with E-state index in [0.717, 1.165) is 0 Å². The number of rotatable bonds is 1. The average Bonchev–Trinajstić information content (AvgIpc) is 2.05. The predicted octanol–water partition coefficient (Wildman–Crippen LogP) is -0.187. The normalized spacial score (nSPS) is 28.2. The highest BCUT2D eigenvalue weighted by Crippen LogP contribution is 2.29. The van der Waals surface area contributed by atoms with Gasteiger partial charge in [0.05, 0.1) is 0 Å². The molecule has 62 valence electrons. The Hall–Kier alpha value is -1.06. The van der Waals surface area contributed by atoms with E-state index < -0.39 is 23.4 Å². The molecule has 1 atom stereocenters.